The van der Waals surface area contributed by atoms with Gasteiger partial charge in [-0.25, -0.2) is 4.98 Å². The molecule has 144 valence electrons. The van der Waals surface area contributed by atoms with Gasteiger partial charge >= 0.3 is 0 Å². The first kappa shape index (κ1) is 19.6. The summed E-state index contributed by atoms with van der Waals surface area (Å²) >= 11 is 1.37. The molecule has 6 nitrogen and oxygen atoms in total. The van der Waals surface area contributed by atoms with Gasteiger partial charge in [-0.15, -0.1) is 11.3 Å². The van der Waals surface area contributed by atoms with Crippen molar-refractivity contribution < 1.29 is 9.59 Å². The van der Waals surface area contributed by atoms with Crippen LogP contribution in [0.3, 0.4) is 0 Å². The molecule has 0 aliphatic rings. The molecular formula is C21H22N4O2S. The summed E-state index contributed by atoms with van der Waals surface area (Å²) in [5, 5.41) is 5.59. The average Bonchev–Trinajstić information content (AvgIpc) is 3.13. The minimum Gasteiger partial charge on any atom is -0.370 e. The average molecular weight is 395 g/mol. The number of aromatic nitrogens is 1. The third-order valence-electron chi connectivity index (χ3n) is 4.12. The molecule has 3 aromatic rings. The molecule has 7 heteroatoms. The lowest BCUT2D eigenvalue weighted by atomic mass is 10.2. The Morgan fingerprint density at radius 2 is 1.93 bits per heavy atom. The SMILES string of the molecule is Cc1cccc(Nc2nc(C(=O)N(CCC(N)=O)Cc3ccccc3)cs2)c1. The summed E-state index contributed by atoms with van der Waals surface area (Å²) < 4.78 is 0. The number of hydrogen-bond acceptors (Lipinski definition) is 5. The fourth-order valence-corrected chi connectivity index (χ4v) is 3.44. The number of primary amides is 1. The van der Waals surface area contributed by atoms with E-state index in [9.17, 15) is 9.59 Å². The van der Waals surface area contributed by atoms with Crippen molar-refractivity contribution in [2.24, 2.45) is 5.73 Å². The first-order valence-corrected chi connectivity index (χ1v) is 9.80. The van der Waals surface area contributed by atoms with E-state index < -0.39 is 5.91 Å². The highest BCUT2D eigenvalue weighted by molar-refractivity contribution is 7.14. The Kier molecular flexibility index (Phi) is 6.39. The van der Waals surface area contributed by atoms with Crippen molar-refractivity contribution in [1.29, 1.82) is 0 Å². The third kappa shape index (κ3) is 5.40. The summed E-state index contributed by atoms with van der Waals surface area (Å²) in [6.07, 6.45) is 0.108. The van der Waals surface area contributed by atoms with Crippen molar-refractivity contribution in [1.82, 2.24) is 9.88 Å². The summed E-state index contributed by atoms with van der Waals surface area (Å²) in [6.45, 7) is 2.66. The lowest BCUT2D eigenvalue weighted by Crippen LogP contribution is -2.33. The second-order valence-corrected chi connectivity index (χ2v) is 7.32. The van der Waals surface area contributed by atoms with E-state index in [0.717, 1.165) is 16.8 Å². The molecule has 0 unspecified atom stereocenters. The second kappa shape index (κ2) is 9.14. The lowest BCUT2D eigenvalue weighted by molar-refractivity contribution is -0.118. The van der Waals surface area contributed by atoms with Crippen molar-refractivity contribution in [2.75, 3.05) is 11.9 Å². The smallest absolute Gasteiger partial charge is 0.273 e. The summed E-state index contributed by atoms with van der Waals surface area (Å²) in [6, 6.07) is 17.6. The standard InChI is InChI=1S/C21H22N4O2S/c1-15-6-5-9-17(12-15)23-21-24-18(14-28-21)20(27)25(11-10-19(22)26)13-16-7-3-2-4-8-16/h2-9,12,14H,10-11,13H2,1H3,(H2,22,26)(H,23,24). The van der Waals surface area contributed by atoms with Crippen molar-refractivity contribution in [3.8, 4) is 0 Å². The van der Waals surface area contributed by atoms with Crippen LogP contribution in [0.2, 0.25) is 0 Å². The van der Waals surface area contributed by atoms with E-state index in [4.69, 9.17) is 5.73 Å². The molecule has 2 aromatic carbocycles. The number of amides is 2. The van der Waals surface area contributed by atoms with Gasteiger partial charge in [0.1, 0.15) is 5.69 Å². The van der Waals surface area contributed by atoms with E-state index in [-0.39, 0.29) is 18.9 Å². The molecule has 3 rings (SSSR count). The number of nitrogens with one attached hydrogen (secondary N) is 1. The van der Waals surface area contributed by atoms with E-state index in [1.54, 1.807) is 10.3 Å². The van der Waals surface area contributed by atoms with E-state index in [0.29, 0.717) is 17.4 Å². The monoisotopic (exact) mass is 394 g/mol. The molecule has 28 heavy (non-hydrogen) atoms. The van der Waals surface area contributed by atoms with Crippen molar-refractivity contribution in [2.45, 2.75) is 19.9 Å². The topological polar surface area (TPSA) is 88.3 Å². The van der Waals surface area contributed by atoms with Gasteiger partial charge in [-0.05, 0) is 30.2 Å². The number of rotatable bonds is 8. The molecule has 0 aliphatic carbocycles. The summed E-state index contributed by atoms with van der Waals surface area (Å²) in [4.78, 5) is 30.2. The molecule has 1 aromatic heterocycles. The van der Waals surface area contributed by atoms with Crippen LogP contribution in [0.15, 0.2) is 60.0 Å². The van der Waals surface area contributed by atoms with Gasteiger partial charge in [0.2, 0.25) is 5.91 Å². The van der Waals surface area contributed by atoms with E-state index in [2.05, 4.69) is 10.3 Å². The maximum atomic E-state index is 13.0. The first-order chi connectivity index (χ1) is 13.5. The molecule has 3 N–H and O–H groups in total. The van der Waals surface area contributed by atoms with Crippen LogP contribution in [0.1, 0.15) is 28.0 Å². The largest absolute Gasteiger partial charge is 0.370 e. The summed E-state index contributed by atoms with van der Waals surface area (Å²) in [7, 11) is 0. The van der Waals surface area contributed by atoms with Crippen molar-refractivity contribution >= 4 is 34.0 Å². The van der Waals surface area contributed by atoms with Crippen LogP contribution in [-0.2, 0) is 11.3 Å². The number of carbonyl (C=O) groups is 2. The summed E-state index contributed by atoms with van der Waals surface area (Å²) in [5.74, 6) is -0.662. The molecule has 0 bridgehead atoms. The highest BCUT2D eigenvalue weighted by Crippen LogP contribution is 2.22. The van der Waals surface area contributed by atoms with Gasteiger partial charge in [0, 0.05) is 30.6 Å². The van der Waals surface area contributed by atoms with E-state index in [1.807, 2.05) is 61.5 Å². The van der Waals surface area contributed by atoms with Gasteiger partial charge in [-0.3, -0.25) is 9.59 Å². The predicted molar refractivity (Wildman–Crippen MR) is 112 cm³/mol. The molecular weight excluding hydrogens is 372 g/mol. The van der Waals surface area contributed by atoms with Gasteiger partial charge in [0.05, 0.1) is 0 Å². The third-order valence-corrected chi connectivity index (χ3v) is 4.88. The molecule has 0 fully saturated rings. The normalized spacial score (nSPS) is 10.5. The summed E-state index contributed by atoms with van der Waals surface area (Å²) in [5.41, 5.74) is 8.66. The van der Waals surface area contributed by atoms with Crippen LogP contribution in [-0.4, -0.2) is 28.2 Å². The number of aryl methyl sites for hydroxylation is 1. The number of nitrogens with zero attached hydrogens (tertiary/aromatic N) is 2. The number of nitrogens with two attached hydrogens (primary N) is 1. The van der Waals surface area contributed by atoms with Gasteiger partial charge < -0.3 is 16.0 Å². The van der Waals surface area contributed by atoms with Crippen LogP contribution in [0.5, 0.6) is 0 Å². The molecule has 0 saturated heterocycles. The Morgan fingerprint density at radius 3 is 2.64 bits per heavy atom. The highest BCUT2D eigenvalue weighted by atomic mass is 32.1. The van der Waals surface area contributed by atoms with Gasteiger partial charge in [-0.1, -0.05) is 42.5 Å². The molecule has 0 saturated carbocycles. The lowest BCUT2D eigenvalue weighted by Gasteiger charge is -2.21. The molecule has 0 aliphatic heterocycles. The van der Waals surface area contributed by atoms with Crippen LogP contribution in [0.4, 0.5) is 10.8 Å². The van der Waals surface area contributed by atoms with Crippen LogP contribution >= 0.6 is 11.3 Å². The predicted octanol–water partition coefficient (Wildman–Crippen LogP) is 3.71. The molecule has 0 atom stereocenters. The Hall–Kier alpha value is -3.19. The van der Waals surface area contributed by atoms with Crippen molar-refractivity contribution in [3.05, 3.63) is 76.8 Å². The van der Waals surface area contributed by atoms with Crippen LogP contribution in [0, 0.1) is 6.92 Å². The Bertz CT molecular complexity index is 956. The zero-order valence-electron chi connectivity index (χ0n) is 15.6. The first-order valence-electron chi connectivity index (χ1n) is 8.92. The van der Waals surface area contributed by atoms with Gasteiger partial charge in [0.15, 0.2) is 5.13 Å². The zero-order valence-corrected chi connectivity index (χ0v) is 16.4. The number of carbonyl (C=O) groups excluding carboxylic acids is 2. The van der Waals surface area contributed by atoms with Gasteiger partial charge in [0.25, 0.3) is 5.91 Å². The molecule has 0 radical (unpaired) electrons. The molecule has 2 amide bonds. The minimum atomic E-state index is -0.439. The van der Waals surface area contributed by atoms with Crippen molar-refractivity contribution in [3.63, 3.8) is 0 Å². The maximum absolute atomic E-state index is 13.0. The number of anilines is 2. The van der Waals surface area contributed by atoms with Gasteiger partial charge in [-0.2, -0.15) is 0 Å². The quantitative estimate of drug-likeness (QED) is 0.610. The van der Waals surface area contributed by atoms with Crippen LogP contribution in [0.25, 0.3) is 0 Å². The molecule has 1 heterocycles. The second-order valence-electron chi connectivity index (χ2n) is 6.46. The Balaban J connectivity index is 1.74. The maximum Gasteiger partial charge on any atom is 0.273 e. The number of hydrogen-bond donors (Lipinski definition) is 2. The highest BCUT2D eigenvalue weighted by Gasteiger charge is 2.20. The minimum absolute atomic E-state index is 0.108. The van der Waals surface area contributed by atoms with E-state index in [1.165, 1.54) is 11.3 Å². The fraction of sp³-hybridized carbons (Fsp3) is 0.190. The zero-order chi connectivity index (χ0) is 19.9. The Labute approximate surface area is 168 Å². The molecule has 0 spiro atoms. The Morgan fingerprint density at radius 1 is 1.14 bits per heavy atom. The number of thiazole rings is 1. The van der Waals surface area contributed by atoms with E-state index >= 15 is 0 Å². The van der Waals surface area contributed by atoms with Crippen LogP contribution < -0.4 is 11.1 Å². The number of benzene rings is 2. The fourth-order valence-electron chi connectivity index (χ4n) is 2.74.